The topological polar surface area (TPSA) is 122 Å². The number of hydrogen-bond donors (Lipinski definition) is 1. The monoisotopic (exact) mass is 774 g/mol. The number of carbonyl (C=O) groups excluding carboxylic acids is 4. The Morgan fingerprint density at radius 2 is 1.73 bits per heavy atom. The van der Waals surface area contributed by atoms with Crippen LogP contribution in [0.3, 0.4) is 0 Å². The van der Waals surface area contributed by atoms with E-state index in [-0.39, 0.29) is 24.0 Å². The maximum Gasteiger partial charge on any atom is 0.242 e. The number of nitrogens with zero attached hydrogens (tertiary/aromatic N) is 4. The smallest absolute Gasteiger partial charge is 0.242 e. The number of aryl methyl sites for hydroxylation is 3. The van der Waals surface area contributed by atoms with E-state index >= 15 is 4.79 Å². The van der Waals surface area contributed by atoms with Crippen LogP contribution in [0.4, 0.5) is 11.5 Å². The van der Waals surface area contributed by atoms with E-state index in [1.807, 2.05) is 62.4 Å². The number of allylic oxidation sites excluding steroid dienone is 2. The minimum atomic E-state index is -1.36. The number of phenolic OH excluding ortho intramolecular Hbond substituents is 1. The lowest BCUT2D eigenvalue weighted by Gasteiger charge is -2.49. The first-order valence-corrected chi connectivity index (χ1v) is 19.7. The summed E-state index contributed by atoms with van der Waals surface area (Å²) in [5.41, 5.74) is 3.09. The van der Waals surface area contributed by atoms with Gasteiger partial charge in [-0.3, -0.25) is 28.8 Å². The van der Waals surface area contributed by atoms with Gasteiger partial charge in [-0.05, 0) is 104 Å². The van der Waals surface area contributed by atoms with Crippen molar-refractivity contribution in [1.82, 2.24) is 9.78 Å². The Kier molecular flexibility index (Phi) is 8.15. The molecule has 4 heterocycles. The summed E-state index contributed by atoms with van der Waals surface area (Å²) in [5, 5.41) is 17.9. The molecule has 1 saturated carbocycles. The Bertz CT molecular complexity index is 2520. The van der Waals surface area contributed by atoms with Crippen molar-refractivity contribution in [3.05, 3.63) is 100 Å². The second-order valence-electron chi connectivity index (χ2n) is 15.3. The van der Waals surface area contributed by atoms with Crippen molar-refractivity contribution in [3.8, 4) is 22.1 Å². The van der Waals surface area contributed by atoms with E-state index in [1.165, 1.54) is 23.0 Å². The molecule has 10 nitrogen and oxygen atoms in total. The van der Waals surface area contributed by atoms with Crippen molar-refractivity contribution in [2.75, 3.05) is 16.9 Å². The molecule has 4 amide bonds. The highest BCUT2D eigenvalue weighted by Gasteiger charge is 2.68. The van der Waals surface area contributed by atoms with Gasteiger partial charge in [0.05, 0.1) is 40.8 Å². The van der Waals surface area contributed by atoms with Gasteiger partial charge in [0.15, 0.2) is 0 Å². The minimum absolute atomic E-state index is 0.0530. The quantitative estimate of drug-likeness (QED) is 0.137. The molecule has 55 heavy (non-hydrogen) atoms. The van der Waals surface area contributed by atoms with Crippen LogP contribution in [0.1, 0.15) is 49.3 Å². The van der Waals surface area contributed by atoms with Crippen LogP contribution in [-0.2, 0) is 32.6 Å². The van der Waals surface area contributed by atoms with Gasteiger partial charge in [0.2, 0.25) is 23.6 Å². The number of methoxy groups -OCH3 is 1. The van der Waals surface area contributed by atoms with E-state index in [4.69, 9.17) is 21.4 Å². The lowest BCUT2D eigenvalue weighted by atomic mass is 9.51. The predicted molar refractivity (Wildman–Crippen MR) is 211 cm³/mol. The highest BCUT2D eigenvalue weighted by Crippen LogP contribution is 2.64. The van der Waals surface area contributed by atoms with Gasteiger partial charge < -0.3 is 9.84 Å². The van der Waals surface area contributed by atoms with Crippen molar-refractivity contribution < 1.29 is 29.0 Å². The fraction of sp³-hybridized carbons (Fsp3) is 0.326. The second-order valence-corrected chi connectivity index (χ2v) is 16.8. The van der Waals surface area contributed by atoms with Crippen molar-refractivity contribution in [3.63, 3.8) is 0 Å². The zero-order valence-corrected chi connectivity index (χ0v) is 32.6. The van der Waals surface area contributed by atoms with Crippen LogP contribution in [0.25, 0.3) is 20.7 Å². The standard InChI is InChI=1S/C43H39ClN4O6S/c1-6-22-7-10-24(11-8-22)47-39(50)27-14-13-26-29(36(27)41(47)52)19-31-40(51)48(42(53)43(31,3)37(26)30-18-25(54-5)12-15-33(30)49)35-20-32(45-46(35)4)38-21(2)28-17-23(44)9-16-34(28)55-38/h7-13,15-18,20,27,29,31,36-37,49H,6,14,19H2,1-5H3. The van der Waals surface area contributed by atoms with E-state index in [2.05, 4.69) is 0 Å². The Hall–Kier alpha value is -5.26. The summed E-state index contributed by atoms with van der Waals surface area (Å²) in [6.45, 7) is 5.85. The first-order chi connectivity index (χ1) is 26.4. The average Bonchev–Trinajstić information content (AvgIpc) is 3.85. The fourth-order valence-corrected chi connectivity index (χ4v) is 11.1. The molecule has 12 heteroatoms. The number of rotatable bonds is 6. The molecule has 3 fully saturated rings. The number of carbonyl (C=O) groups is 4. The molecule has 280 valence electrons. The summed E-state index contributed by atoms with van der Waals surface area (Å²) in [6.07, 6.45) is 3.29. The number of aromatic nitrogens is 2. The molecule has 2 aliphatic heterocycles. The number of amides is 4. The highest BCUT2D eigenvalue weighted by atomic mass is 35.5. The van der Waals surface area contributed by atoms with Crippen LogP contribution in [0.2, 0.25) is 5.02 Å². The summed E-state index contributed by atoms with van der Waals surface area (Å²) in [4.78, 5) is 62.1. The maximum atomic E-state index is 15.2. The number of fused-ring (bicyclic) bond motifs is 5. The number of thiophene rings is 1. The van der Waals surface area contributed by atoms with Gasteiger partial charge in [-0.25, -0.2) is 4.90 Å². The van der Waals surface area contributed by atoms with Gasteiger partial charge in [0, 0.05) is 34.3 Å². The van der Waals surface area contributed by atoms with Gasteiger partial charge in [0.1, 0.15) is 23.0 Å². The number of halogens is 1. The lowest BCUT2D eigenvalue weighted by Crippen LogP contribution is -2.49. The SMILES string of the molecule is CCc1ccc(N2C(=O)C3CC=C4C(CC5C(=O)N(c6cc(-c7sc8ccc(Cl)cc8c7C)nn6C)C(=O)C5(C)C4c4cc(OC)ccc4O)C3C2=O)cc1. The van der Waals surface area contributed by atoms with E-state index in [1.54, 1.807) is 48.2 Å². The molecule has 2 aromatic heterocycles. The molecule has 9 rings (SSSR count). The number of benzene rings is 3. The Labute approximate surface area is 326 Å². The summed E-state index contributed by atoms with van der Waals surface area (Å²) in [7, 11) is 3.24. The molecule has 2 saturated heterocycles. The van der Waals surface area contributed by atoms with Crippen molar-refractivity contribution in [2.24, 2.45) is 36.1 Å². The fourth-order valence-electron chi connectivity index (χ4n) is 9.82. The zero-order valence-electron chi connectivity index (χ0n) is 31.0. The summed E-state index contributed by atoms with van der Waals surface area (Å²) < 4.78 is 8.19. The summed E-state index contributed by atoms with van der Waals surface area (Å²) >= 11 is 7.89. The Morgan fingerprint density at radius 1 is 0.964 bits per heavy atom. The van der Waals surface area contributed by atoms with Crippen molar-refractivity contribution in [1.29, 1.82) is 0 Å². The number of phenols is 1. The minimum Gasteiger partial charge on any atom is -0.508 e. The second kappa shape index (κ2) is 12.6. The van der Waals surface area contributed by atoms with Gasteiger partial charge in [-0.2, -0.15) is 5.10 Å². The van der Waals surface area contributed by atoms with Crippen LogP contribution in [0.15, 0.2) is 78.4 Å². The molecule has 2 aliphatic carbocycles. The highest BCUT2D eigenvalue weighted by molar-refractivity contribution is 7.22. The normalized spacial score (nSPS) is 26.1. The molecule has 6 atom stereocenters. The van der Waals surface area contributed by atoms with Crippen LogP contribution in [0.5, 0.6) is 11.5 Å². The van der Waals surface area contributed by atoms with Gasteiger partial charge in [0.25, 0.3) is 0 Å². The van der Waals surface area contributed by atoms with Gasteiger partial charge in [-0.15, -0.1) is 11.3 Å². The predicted octanol–water partition coefficient (Wildman–Crippen LogP) is 7.98. The van der Waals surface area contributed by atoms with Crippen LogP contribution in [0, 0.1) is 36.0 Å². The van der Waals surface area contributed by atoms with E-state index in [0.29, 0.717) is 40.0 Å². The van der Waals surface area contributed by atoms with Crippen LogP contribution >= 0.6 is 22.9 Å². The first-order valence-electron chi connectivity index (χ1n) is 18.5. The van der Waals surface area contributed by atoms with E-state index in [0.717, 1.165) is 38.1 Å². The third-order valence-electron chi connectivity index (χ3n) is 12.6. The third kappa shape index (κ3) is 5.01. The van der Waals surface area contributed by atoms with E-state index < -0.39 is 46.8 Å². The zero-order chi connectivity index (χ0) is 38.7. The average molecular weight is 775 g/mol. The summed E-state index contributed by atoms with van der Waals surface area (Å²) in [6, 6.07) is 19.9. The van der Waals surface area contributed by atoms with Crippen molar-refractivity contribution >= 4 is 68.2 Å². The Morgan fingerprint density at radius 3 is 2.45 bits per heavy atom. The Balaban J connectivity index is 1.16. The molecule has 1 N–H and O–H groups in total. The molecule has 0 spiro atoms. The first kappa shape index (κ1) is 35.4. The van der Waals surface area contributed by atoms with Gasteiger partial charge in [-0.1, -0.05) is 42.3 Å². The number of ether oxygens (including phenoxy) is 1. The number of anilines is 2. The van der Waals surface area contributed by atoms with E-state index in [9.17, 15) is 19.5 Å². The molecule has 0 bridgehead atoms. The lowest BCUT2D eigenvalue weighted by molar-refractivity contribution is -0.131. The largest absolute Gasteiger partial charge is 0.508 e. The molecule has 0 radical (unpaired) electrons. The third-order valence-corrected chi connectivity index (χ3v) is 14.2. The molecule has 4 aliphatic rings. The number of imide groups is 2. The number of aromatic hydroxyl groups is 1. The molecular formula is C43H39ClN4O6S. The van der Waals surface area contributed by atoms with Gasteiger partial charge >= 0.3 is 0 Å². The van der Waals surface area contributed by atoms with Crippen LogP contribution < -0.4 is 14.5 Å². The molecule has 3 aromatic carbocycles. The molecular weight excluding hydrogens is 736 g/mol. The van der Waals surface area contributed by atoms with Crippen molar-refractivity contribution in [2.45, 2.75) is 46.0 Å². The number of hydrogen-bond acceptors (Lipinski definition) is 8. The molecule has 5 aromatic rings. The summed E-state index contributed by atoms with van der Waals surface area (Å²) in [5.74, 6) is -4.19. The molecule has 6 unspecified atom stereocenters. The maximum absolute atomic E-state index is 15.2. The van der Waals surface area contributed by atoms with Crippen LogP contribution in [-0.4, -0.2) is 45.6 Å².